The molecule has 0 radical (unpaired) electrons. The van der Waals surface area contributed by atoms with Gasteiger partial charge >= 0.3 is 0 Å². The van der Waals surface area contributed by atoms with Crippen LogP contribution in [0.25, 0.3) is 10.9 Å². The van der Waals surface area contributed by atoms with Crippen molar-refractivity contribution in [2.45, 2.75) is 0 Å². The number of amides is 1. The Morgan fingerprint density at radius 3 is 2.67 bits per heavy atom. The normalized spacial score (nSPS) is 10.3. The number of ether oxygens (including phenoxy) is 2. The number of nitrogens with zero attached hydrogens (tertiary/aromatic N) is 4. The summed E-state index contributed by atoms with van der Waals surface area (Å²) in [5.74, 6) is 3.69. The van der Waals surface area contributed by atoms with Gasteiger partial charge in [0.1, 0.15) is 18.8 Å². The van der Waals surface area contributed by atoms with Gasteiger partial charge in [-0.3, -0.25) is 10.1 Å². The SMILES string of the molecule is C#CCOc1cc2ncnc(Nc3cnc(NC(=O)c4cccc(Cl)c4)nc3)c2cc1OC. The van der Waals surface area contributed by atoms with Crippen molar-refractivity contribution in [2.75, 3.05) is 24.4 Å². The number of rotatable bonds is 7. The van der Waals surface area contributed by atoms with Crippen molar-refractivity contribution in [3.8, 4) is 23.8 Å². The number of anilines is 3. The van der Waals surface area contributed by atoms with Crippen LogP contribution in [0.5, 0.6) is 11.5 Å². The van der Waals surface area contributed by atoms with Crippen LogP contribution in [0.2, 0.25) is 5.02 Å². The molecule has 0 saturated carbocycles. The van der Waals surface area contributed by atoms with E-state index in [1.54, 1.807) is 36.4 Å². The summed E-state index contributed by atoms with van der Waals surface area (Å²) < 4.78 is 10.9. The van der Waals surface area contributed by atoms with Gasteiger partial charge in [0.25, 0.3) is 5.91 Å². The molecule has 0 atom stereocenters. The lowest BCUT2D eigenvalue weighted by Crippen LogP contribution is -2.14. The van der Waals surface area contributed by atoms with Gasteiger partial charge in [0.2, 0.25) is 5.95 Å². The fourth-order valence-electron chi connectivity index (χ4n) is 2.95. The first-order chi connectivity index (χ1) is 16.1. The number of carbonyl (C=O) groups excluding carboxylic acids is 1. The van der Waals surface area contributed by atoms with E-state index in [-0.39, 0.29) is 18.5 Å². The summed E-state index contributed by atoms with van der Waals surface area (Å²) in [5, 5.41) is 6.93. The molecule has 0 aliphatic heterocycles. The van der Waals surface area contributed by atoms with Crippen LogP contribution < -0.4 is 20.1 Å². The standard InChI is InChI=1S/C23H17ClN6O3/c1-3-7-33-20-10-18-17(9-19(20)32-2)21(28-13-27-18)29-16-11-25-23(26-12-16)30-22(31)14-5-4-6-15(24)8-14/h1,4-6,8-13H,7H2,2H3,(H,27,28,29)(H,25,26,30,31). The Bertz CT molecular complexity index is 1350. The van der Waals surface area contributed by atoms with Crippen LogP contribution in [0.1, 0.15) is 10.4 Å². The molecular weight excluding hydrogens is 444 g/mol. The van der Waals surface area contributed by atoms with Gasteiger partial charge in [-0.15, -0.1) is 6.42 Å². The number of methoxy groups -OCH3 is 1. The minimum Gasteiger partial charge on any atom is -0.493 e. The third-order valence-electron chi connectivity index (χ3n) is 4.46. The summed E-state index contributed by atoms with van der Waals surface area (Å²) >= 11 is 5.93. The highest BCUT2D eigenvalue weighted by molar-refractivity contribution is 6.31. The molecule has 164 valence electrons. The van der Waals surface area contributed by atoms with Gasteiger partial charge in [-0.2, -0.15) is 0 Å². The second kappa shape index (κ2) is 9.80. The van der Waals surface area contributed by atoms with Gasteiger partial charge in [0, 0.05) is 22.0 Å². The maximum absolute atomic E-state index is 12.3. The van der Waals surface area contributed by atoms with E-state index in [1.807, 2.05) is 0 Å². The predicted octanol–water partition coefficient (Wildman–Crippen LogP) is 4.09. The van der Waals surface area contributed by atoms with Crippen molar-refractivity contribution in [1.82, 2.24) is 19.9 Å². The van der Waals surface area contributed by atoms with Crippen LogP contribution in [-0.4, -0.2) is 39.6 Å². The number of terminal acetylenes is 1. The van der Waals surface area contributed by atoms with E-state index in [9.17, 15) is 4.79 Å². The molecular formula is C23H17ClN6O3. The minimum absolute atomic E-state index is 0.107. The van der Waals surface area contributed by atoms with Crippen molar-refractivity contribution < 1.29 is 14.3 Å². The molecule has 10 heteroatoms. The van der Waals surface area contributed by atoms with E-state index in [2.05, 4.69) is 36.5 Å². The second-order valence-corrected chi connectivity index (χ2v) is 7.06. The topological polar surface area (TPSA) is 111 Å². The van der Waals surface area contributed by atoms with Crippen LogP contribution in [0, 0.1) is 12.3 Å². The molecule has 0 unspecified atom stereocenters. The Kier molecular flexibility index (Phi) is 6.48. The quantitative estimate of drug-likeness (QED) is 0.397. The number of halogens is 1. The van der Waals surface area contributed by atoms with E-state index >= 15 is 0 Å². The fraction of sp³-hybridized carbons (Fsp3) is 0.0870. The van der Waals surface area contributed by atoms with E-state index < -0.39 is 0 Å². The number of hydrogen-bond acceptors (Lipinski definition) is 8. The van der Waals surface area contributed by atoms with Crippen LogP contribution in [0.15, 0.2) is 55.1 Å². The number of carbonyl (C=O) groups is 1. The highest BCUT2D eigenvalue weighted by Crippen LogP contribution is 2.34. The first-order valence-corrected chi connectivity index (χ1v) is 10.00. The molecule has 2 heterocycles. The second-order valence-electron chi connectivity index (χ2n) is 6.62. The van der Waals surface area contributed by atoms with Crippen LogP contribution in [0.4, 0.5) is 17.5 Å². The molecule has 4 rings (SSSR count). The number of hydrogen-bond donors (Lipinski definition) is 2. The number of benzene rings is 2. The summed E-state index contributed by atoms with van der Waals surface area (Å²) in [6, 6.07) is 10.1. The Balaban J connectivity index is 1.53. The third kappa shape index (κ3) is 5.08. The van der Waals surface area contributed by atoms with Crippen LogP contribution in [0.3, 0.4) is 0 Å². The van der Waals surface area contributed by atoms with Crippen molar-refractivity contribution in [1.29, 1.82) is 0 Å². The molecule has 0 fully saturated rings. The zero-order chi connectivity index (χ0) is 23.2. The summed E-state index contributed by atoms with van der Waals surface area (Å²) in [4.78, 5) is 29.3. The van der Waals surface area contributed by atoms with E-state index in [0.29, 0.717) is 44.5 Å². The maximum atomic E-state index is 12.3. The fourth-order valence-corrected chi connectivity index (χ4v) is 3.14. The smallest absolute Gasteiger partial charge is 0.258 e. The molecule has 0 spiro atoms. The average molecular weight is 461 g/mol. The zero-order valence-corrected chi connectivity index (χ0v) is 18.1. The molecule has 2 N–H and O–H groups in total. The first kappa shape index (κ1) is 21.8. The summed E-state index contributed by atoms with van der Waals surface area (Å²) in [7, 11) is 1.53. The predicted molar refractivity (Wildman–Crippen MR) is 125 cm³/mol. The Morgan fingerprint density at radius 1 is 1.12 bits per heavy atom. The molecule has 1 amide bonds. The van der Waals surface area contributed by atoms with Crippen molar-refractivity contribution >= 4 is 45.9 Å². The lowest BCUT2D eigenvalue weighted by atomic mass is 10.2. The lowest BCUT2D eigenvalue weighted by molar-refractivity contribution is 0.102. The monoisotopic (exact) mass is 460 g/mol. The van der Waals surface area contributed by atoms with Gasteiger partial charge in [-0.25, -0.2) is 19.9 Å². The summed E-state index contributed by atoms with van der Waals surface area (Å²) in [6.07, 6.45) is 9.74. The Morgan fingerprint density at radius 2 is 1.94 bits per heavy atom. The highest BCUT2D eigenvalue weighted by atomic mass is 35.5. The number of fused-ring (bicyclic) bond motifs is 1. The van der Waals surface area contributed by atoms with Gasteiger partial charge < -0.3 is 14.8 Å². The molecule has 0 saturated heterocycles. The molecule has 0 aliphatic rings. The van der Waals surface area contributed by atoms with Crippen molar-refractivity contribution in [3.05, 3.63) is 65.7 Å². The molecule has 9 nitrogen and oxygen atoms in total. The highest BCUT2D eigenvalue weighted by Gasteiger charge is 2.13. The average Bonchev–Trinajstić information content (AvgIpc) is 2.83. The summed E-state index contributed by atoms with van der Waals surface area (Å²) in [6.45, 7) is 0.107. The third-order valence-corrected chi connectivity index (χ3v) is 4.69. The molecule has 0 bridgehead atoms. The lowest BCUT2D eigenvalue weighted by Gasteiger charge is -2.12. The van der Waals surface area contributed by atoms with E-state index in [0.717, 1.165) is 0 Å². The van der Waals surface area contributed by atoms with Crippen molar-refractivity contribution in [2.24, 2.45) is 0 Å². The number of aromatic nitrogens is 4. The van der Waals surface area contributed by atoms with Gasteiger partial charge in [0.15, 0.2) is 11.5 Å². The van der Waals surface area contributed by atoms with Crippen molar-refractivity contribution in [3.63, 3.8) is 0 Å². The molecule has 4 aromatic rings. The maximum Gasteiger partial charge on any atom is 0.258 e. The Hall–Kier alpha value is -4.42. The first-order valence-electron chi connectivity index (χ1n) is 9.62. The minimum atomic E-state index is -0.366. The van der Waals surface area contributed by atoms with E-state index in [1.165, 1.54) is 25.8 Å². The molecule has 2 aromatic carbocycles. The van der Waals surface area contributed by atoms with Crippen LogP contribution in [-0.2, 0) is 0 Å². The zero-order valence-electron chi connectivity index (χ0n) is 17.4. The largest absolute Gasteiger partial charge is 0.493 e. The molecule has 0 aliphatic carbocycles. The van der Waals surface area contributed by atoms with Crippen LogP contribution >= 0.6 is 11.6 Å². The van der Waals surface area contributed by atoms with Gasteiger partial charge in [-0.05, 0) is 24.3 Å². The summed E-state index contributed by atoms with van der Waals surface area (Å²) in [5.41, 5.74) is 1.59. The molecule has 33 heavy (non-hydrogen) atoms. The number of nitrogens with one attached hydrogen (secondary N) is 2. The van der Waals surface area contributed by atoms with Gasteiger partial charge in [-0.1, -0.05) is 23.6 Å². The molecule has 2 aromatic heterocycles. The van der Waals surface area contributed by atoms with E-state index in [4.69, 9.17) is 27.5 Å². The van der Waals surface area contributed by atoms with Gasteiger partial charge in [0.05, 0.1) is 30.7 Å². The Labute approximate surface area is 194 Å².